The fourth-order valence-electron chi connectivity index (χ4n) is 4.18. The summed E-state index contributed by atoms with van der Waals surface area (Å²) in [7, 11) is 1.67. The molecule has 3 heterocycles. The average molecular weight is 469 g/mol. The van der Waals surface area contributed by atoms with Crippen LogP contribution in [0.4, 0.5) is 14.5 Å². The van der Waals surface area contributed by atoms with E-state index >= 15 is 0 Å². The first-order chi connectivity index (χ1) is 15.4. The zero-order valence-corrected chi connectivity index (χ0v) is 19.4. The maximum atomic E-state index is 14.0. The minimum Gasteiger partial charge on any atom is -0.385 e. The molecule has 2 fully saturated rings. The van der Waals surface area contributed by atoms with Gasteiger partial charge in [-0.1, -0.05) is 17.7 Å². The number of nitrogens with one attached hydrogen (secondary N) is 1. The van der Waals surface area contributed by atoms with E-state index in [1.165, 1.54) is 48.3 Å². The molecule has 9 heteroatoms. The molecular weight excluding hydrogens is 438 g/mol. The van der Waals surface area contributed by atoms with Crippen LogP contribution < -0.4 is 10.9 Å². The zero-order chi connectivity index (χ0) is 23.1. The van der Waals surface area contributed by atoms with Gasteiger partial charge in [-0.05, 0) is 51.2 Å². The smallest absolute Gasteiger partial charge is 0.287 e. The molecule has 0 aliphatic carbocycles. The molecule has 0 bridgehead atoms. The van der Waals surface area contributed by atoms with Crippen molar-refractivity contribution >= 4 is 17.3 Å². The Morgan fingerprint density at radius 2 is 1.78 bits per heavy atom. The molecule has 2 aromatic rings. The molecule has 1 aromatic carbocycles. The fourth-order valence-corrected chi connectivity index (χ4v) is 4.41. The molecule has 1 N–H and O–H groups in total. The molecule has 32 heavy (non-hydrogen) atoms. The van der Waals surface area contributed by atoms with E-state index in [0.29, 0.717) is 31.6 Å². The van der Waals surface area contributed by atoms with Gasteiger partial charge in [0.05, 0.1) is 17.9 Å². The highest BCUT2D eigenvalue weighted by Crippen LogP contribution is 2.31. The molecule has 2 saturated heterocycles. The lowest BCUT2D eigenvalue weighted by Gasteiger charge is -2.36. The van der Waals surface area contributed by atoms with Crippen LogP contribution in [-0.4, -0.2) is 48.0 Å². The van der Waals surface area contributed by atoms with Gasteiger partial charge in [0.15, 0.2) is 0 Å². The number of hydrogen-bond acceptors (Lipinski definition) is 5. The van der Waals surface area contributed by atoms with Crippen LogP contribution in [0.1, 0.15) is 56.7 Å². The van der Waals surface area contributed by atoms with Crippen molar-refractivity contribution in [3.63, 3.8) is 0 Å². The summed E-state index contributed by atoms with van der Waals surface area (Å²) in [6, 6.07) is 3.45. The quantitative estimate of drug-likeness (QED) is 0.698. The van der Waals surface area contributed by atoms with Crippen LogP contribution in [0.3, 0.4) is 0 Å². The van der Waals surface area contributed by atoms with Crippen LogP contribution in [0.15, 0.2) is 29.2 Å². The number of rotatable bonds is 4. The molecule has 1 unspecified atom stereocenters. The van der Waals surface area contributed by atoms with Gasteiger partial charge in [0.25, 0.3) is 5.56 Å². The molecule has 0 radical (unpaired) electrons. The number of halogens is 3. The van der Waals surface area contributed by atoms with E-state index in [-0.39, 0.29) is 28.2 Å². The van der Waals surface area contributed by atoms with Crippen molar-refractivity contribution in [1.82, 2.24) is 14.7 Å². The number of ether oxygens (including phenoxy) is 1. The highest BCUT2D eigenvalue weighted by Gasteiger charge is 2.28. The minimum atomic E-state index is -0.535. The third-order valence-electron chi connectivity index (χ3n) is 6.10. The molecule has 176 valence electrons. The molecule has 2 aliphatic rings. The predicted octanol–water partition coefficient (Wildman–Crippen LogP) is 4.80. The Morgan fingerprint density at radius 1 is 1.16 bits per heavy atom. The normalized spacial score (nSPS) is 18.5. The van der Waals surface area contributed by atoms with Gasteiger partial charge in [0.1, 0.15) is 16.7 Å². The first-order valence-corrected chi connectivity index (χ1v) is 11.5. The Bertz CT molecular complexity index is 912. The van der Waals surface area contributed by atoms with Gasteiger partial charge in [-0.15, -0.1) is 0 Å². The maximum absolute atomic E-state index is 14.0. The predicted molar refractivity (Wildman–Crippen MR) is 122 cm³/mol. The summed E-state index contributed by atoms with van der Waals surface area (Å²) in [5.41, 5.74) is 0.252. The van der Waals surface area contributed by atoms with Crippen LogP contribution in [0.5, 0.6) is 0 Å². The molecule has 1 aromatic heterocycles. The van der Waals surface area contributed by atoms with E-state index in [1.807, 2.05) is 4.90 Å². The Morgan fingerprint density at radius 3 is 2.28 bits per heavy atom. The van der Waals surface area contributed by atoms with Gasteiger partial charge < -0.3 is 10.1 Å². The lowest BCUT2D eigenvalue weighted by molar-refractivity contribution is 0.0968. The Balaban J connectivity index is 0.000000416. The third kappa shape index (κ3) is 5.85. The van der Waals surface area contributed by atoms with E-state index in [0.717, 1.165) is 13.2 Å². The van der Waals surface area contributed by atoms with Gasteiger partial charge in [-0.3, -0.25) is 9.69 Å². The fraction of sp³-hybridized carbons (Fsp3) is 0.565. The lowest BCUT2D eigenvalue weighted by Crippen LogP contribution is -2.40. The molecular formula is C23H31ClF2N4O2. The topological polar surface area (TPSA) is 59.4 Å². The van der Waals surface area contributed by atoms with Crippen LogP contribution in [0.25, 0.3) is 0 Å². The summed E-state index contributed by atoms with van der Waals surface area (Å²) >= 11 is 6.08. The summed E-state index contributed by atoms with van der Waals surface area (Å²) in [4.78, 5) is 14.4. The third-order valence-corrected chi connectivity index (χ3v) is 6.47. The van der Waals surface area contributed by atoms with E-state index in [4.69, 9.17) is 16.3 Å². The van der Waals surface area contributed by atoms with Crippen LogP contribution in [0.2, 0.25) is 5.02 Å². The van der Waals surface area contributed by atoms with Crippen molar-refractivity contribution in [2.24, 2.45) is 0 Å². The highest BCUT2D eigenvalue weighted by molar-refractivity contribution is 6.32. The summed E-state index contributed by atoms with van der Waals surface area (Å²) in [5, 5.41) is 7.16. The monoisotopic (exact) mass is 468 g/mol. The SMILES string of the molecule is C1CCOCC1.CNc1cnn(C2CCN(C(C)c3c(F)cccc3F)CC2)c(=O)c1Cl. The first-order valence-electron chi connectivity index (χ1n) is 11.1. The Labute approximate surface area is 192 Å². The van der Waals surface area contributed by atoms with Gasteiger partial charge in [-0.25, -0.2) is 13.5 Å². The van der Waals surface area contributed by atoms with E-state index in [2.05, 4.69) is 10.4 Å². The molecule has 0 saturated carbocycles. The Hall–Kier alpha value is -2.03. The lowest BCUT2D eigenvalue weighted by atomic mass is 9.99. The van der Waals surface area contributed by atoms with E-state index in [1.54, 1.807) is 14.0 Å². The number of hydrogen-bond donors (Lipinski definition) is 1. The number of piperidine rings is 1. The molecule has 1 atom stereocenters. The second kappa shape index (κ2) is 11.7. The second-order valence-electron chi connectivity index (χ2n) is 8.12. The Kier molecular flexibility index (Phi) is 9.02. The molecule has 0 amide bonds. The summed E-state index contributed by atoms with van der Waals surface area (Å²) in [6.45, 7) is 5.02. The zero-order valence-electron chi connectivity index (χ0n) is 18.6. The number of anilines is 1. The van der Waals surface area contributed by atoms with E-state index in [9.17, 15) is 13.6 Å². The maximum Gasteiger partial charge on any atom is 0.287 e. The van der Waals surface area contributed by atoms with Gasteiger partial charge in [-0.2, -0.15) is 5.10 Å². The molecule has 6 nitrogen and oxygen atoms in total. The van der Waals surface area contributed by atoms with E-state index < -0.39 is 11.6 Å². The summed E-state index contributed by atoms with van der Waals surface area (Å²) < 4.78 is 34.5. The highest BCUT2D eigenvalue weighted by atomic mass is 35.5. The average Bonchev–Trinajstić information content (AvgIpc) is 2.82. The van der Waals surface area contributed by atoms with Gasteiger partial charge in [0.2, 0.25) is 0 Å². The summed E-state index contributed by atoms with van der Waals surface area (Å²) in [6.07, 6.45) is 6.78. The molecule has 4 rings (SSSR count). The molecule has 2 aliphatic heterocycles. The standard InChI is InChI=1S/C18H21ClF2N4O.C5H10O/c1-11(16-13(20)4-3-5-14(16)21)24-8-6-12(7-9-24)25-18(26)17(19)15(22-2)10-23-25;1-2-4-6-5-3-1/h3-5,10-12,22H,6-9H2,1-2H3;1-5H2. The van der Waals surface area contributed by atoms with Crippen molar-refractivity contribution in [3.05, 3.63) is 57.0 Å². The van der Waals surface area contributed by atoms with Crippen LogP contribution in [0, 0.1) is 11.6 Å². The van der Waals surface area contributed by atoms with Gasteiger partial charge >= 0.3 is 0 Å². The van der Waals surface area contributed by atoms with Crippen LogP contribution >= 0.6 is 11.6 Å². The van der Waals surface area contributed by atoms with Crippen LogP contribution in [-0.2, 0) is 4.74 Å². The number of aromatic nitrogens is 2. The number of nitrogens with zero attached hydrogens (tertiary/aromatic N) is 3. The largest absolute Gasteiger partial charge is 0.385 e. The van der Waals surface area contributed by atoms with Crippen molar-refractivity contribution in [2.45, 2.75) is 51.1 Å². The number of benzene rings is 1. The van der Waals surface area contributed by atoms with Crippen molar-refractivity contribution in [1.29, 1.82) is 0 Å². The summed E-state index contributed by atoms with van der Waals surface area (Å²) in [5.74, 6) is -1.07. The number of likely N-dealkylation sites (tertiary alicyclic amines) is 1. The van der Waals surface area contributed by atoms with Crippen molar-refractivity contribution in [2.75, 3.05) is 38.7 Å². The van der Waals surface area contributed by atoms with Crippen molar-refractivity contribution in [3.8, 4) is 0 Å². The molecule has 0 spiro atoms. The van der Waals surface area contributed by atoms with Gasteiger partial charge in [0, 0.05) is 45.0 Å². The second-order valence-corrected chi connectivity index (χ2v) is 8.50. The first kappa shape index (κ1) is 24.6. The van der Waals surface area contributed by atoms with Crippen molar-refractivity contribution < 1.29 is 13.5 Å². The minimum absolute atomic E-state index is 0.0835.